The summed E-state index contributed by atoms with van der Waals surface area (Å²) < 4.78 is 4.85. The van der Waals surface area contributed by atoms with Crippen molar-refractivity contribution in [2.45, 2.75) is 12.5 Å². The molecule has 1 atom stereocenters. The van der Waals surface area contributed by atoms with Gasteiger partial charge >= 0.3 is 0 Å². The molecule has 0 saturated carbocycles. The Bertz CT molecular complexity index is 463. The van der Waals surface area contributed by atoms with Gasteiger partial charge in [0.05, 0.1) is 0 Å². The molecule has 0 saturated heterocycles. The Kier molecular flexibility index (Phi) is 3.17. The molecule has 1 aromatic heterocycles. The summed E-state index contributed by atoms with van der Waals surface area (Å²) >= 11 is 0. The number of nitrogens with two attached hydrogens (primary N) is 1. The van der Waals surface area contributed by atoms with E-state index < -0.39 is 0 Å². The molecule has 0 radical (unpaired) electrons. The van der Waals surface area contributed by atoms with Crippen molar-refractivity contribution in [2.75, 3.05) is 0 Å². The average Bonchev–Trinajstić information content (AvgIpc) is 2.83. The molecule has 0 aliphatic carbocycles. The first kappa shape index (κ1) is 10.6. The van der Waals surface area contributed by atoms with Gasteiger partial charge < -0.3 is 10.3 Å². The minimum atomic E-state index is -0.0506. The quantitative estimate of drug-likeness (QED) is 0.796. The van der Waals surface area contributed by atoms with Gasteiger partial charge in [0.15, 0.2) is 0 Å². The van der Waals surface area contributed by atoms with Crippen LogP contribution in [0.25, 0.3) is 11.3 Å². The highest BCUT2D eigenvalue weighted by Gasteiger charge is 2.12. The van der Waals surface area contributed by atoms with Crippen molar-refractivity contribution in [1.82, 2.24) is 5.16 Å². The molecule has 2 aromatic rings. The summed E-state index contributed by atoms with van der Waals surface area (Å²) in [5.74, 6) is 0. The second-order valence-electron chi connectivity index (χ2n) is 3.60. The van der Waals surface area contributed by atoms with Crippen LogP contribution in [0.4, 0.5) is 0 Å². The second-order valence-corrected chi connectivity index (χ2v) is 3.60. The number of hydrogen-bond acceptors (Lipinski definition) is 3. The van der Waals surface area contributed by atoms with Crippen molar-refractivity contribution >= 4 is 0 Å². The van der Waals surface area contributed by atoms with E-state index in [-0.39, 0.29) is 6.04 Å². The Morgan fingerprint density at radius 2 is 2.19 bits per heavy atom. The minimum Gasteiger partial charge on any atom is -0.364 e. The monoisotopic (exact) mass is 214 g/mol. The van der Waals surface area contributed by atoms with Crippen LogP contribution in [0.1, 0.15) is 18.0 Å². The van der Waals surface area contributed by atoms with Crippen LogP contribution in [0, 0.1) is 0 Å². The number of benzene rings is 1. The lowest BCUT2D eigenvalue weighted by molar-refractivity contribution is 0.422. The second kappa shape index (κ2) is 4.77. The Hall–Kier alpha value is -1.87. The largest absolute Gasteiger partial charge is 0.364 e. The zero-order chi connectivity index (χ0) is 11.4. The summed E-state index contributed by atoms with van der Waals surface area (Å²) in [4.78, 5) is 0. The van der Waals surface area contributed by atoms with E-state index >= 15 is 0 Å². The van der Waals surface area contributed by atoms with Crippen molar-refractivity contribution in [3.8, 4) is 11.3 Å². The van der Waals surface area contributed by atoms with Crippen LogP contribution in [-0.4, -0.2) is 5.16 Å². The topological polar surface area (TPSA) is 52.0 Å². The molecule has 3 heteroatoms. The van der Waals surface area contributed by atoms with E-state index in [9.17, 15) is 0 Å². The molecule has 0 aliphatic rings. The zero-order valence-electron chi connectivity index (χ0n) is 8.97. The summed E-state index contributed by atoms with van der Waals surface area (Å²) in [6.45, 7) is 3.70. The van der Waals surface area contributed by atoms with Gasteiger partial charge in [-0.05, 0) is 12.0 Å². The lowest BCUT2D eigenvalue weighted by Gasteiger charge is -2.13. The summed E-state index contributed by atoms with van der Waals surface area (Å²) in [5.41, 5.74) is 8.98. The fourth-order valence-electron chi connectivity index (χ4n) is 1.71. The molecule has 0 aliphatic heterocycles. The highest BCUT2D eigenvalue weighted by Crippen LogP contribution is 2.27. The van der Waals surface area contributed by atoms with E-state index in [1.165, 1.54) is 0 Å². The Balaban J connectivity index is 2.42. The molecule has 1 unspecified atom stereocenters. The van der Waals surface area contributed by atoms with Crippen LogP contribution in [0.15, 0.2) is 53.8 Å². The van der Waals surface area contributed by atoms with Gasteiger partial charge in [-0.1, -0.05) is 35.5 Å². The maximum atomic E-state index is 6.08. The van der Waals surface area contributed by atoms with E-state index in [2.05, 4.69) is 11.7 Å². The molecule has 1 aromatic carbocycles. The molecular weight excluding hydrogens is 200 g/mol. The molecule has 16 heavy (non-hydrogen) atoms. The van der Waals surface area contributed by atoms with Gasteiger partial charge in [0.1, 0.15) is 12.0 Å². The van der Waals surface area contributed by atoms with Crippen LogP contribution in [0.5, 0.6) is 0 Å². The third-order valence-electron chi connectivity index (χ3n) is 2.49. The van der Waals surface area contributed by atoms with E-state index in [0.29, 0.717) is 0 Å². The maximum absolute atomic E-state index is 6.08. The number of aromatic nitrogens is 1. The maximum Gasteiger partial charge on any atom is 0.124 e. The molecule has 2 rings (SSSR count). The van der Waals surface area contributed by atoms with Gasteiger partial charge in [0.2, 0.25) is 0 Å². The first-order valence-electron chi connectivity index (χ1n) is 5.19. The highest BCUT2D eigenvalue weighted by atomic mass is 16.5. The predicted molar refractivity (Wildman–Crippen MR) is 63.7 cm³/mol. The van der Waals surface area contributed by atoms with Crippen molar-refractivity contribution in [2.24, 2.45) is 5.73 Å². The predicted octanol–water partition coefficient (Wildman–Crippen LogP) is 2.92. The first-order chi connectivity index (χ1) is 7.83. The summed E-state index contributed by atoms with van der Waals surface area (Å²) in [7, 11) is 0. The average molecular weight is 214 g/mol. The van der Waals surface area contributed by atoms with Gasteiger partial charge in [-0.3, -0.25) is 0 Å². The molecule has 2 N–H and O–H groups in total. The van der Waals surface area contributed by atoms with Crippen LogP contribution in [-0.2, 0) is 0 Å². The molecule has 0 fully saturated rings. The SMILES string of the molecule is C=CCC(N)c1ccccc1-c1ccon1. The molecule has 1 heterocycles. The molecule has 82 valence electrons. The number of hydrogen-bond donors (Lipinski definition) is 1. The lowest BCUT2D eigenvalue weighted by atomic mass is 9.97. The van der Waals surface area contributed by atoms with Crippen molar-refractivity contribution in [1.29, 1.82) is 0 Å². The number of nitrogens with zero attached hydrogens (tertiary/aromatic N) is 1. The van der Waals surface area contributed by atoms with E-state index in [0.717, 1.165) is 23.2 Å². The van der Waals surface area contributed by atoms with Crippen LogP contribution in [0.3, 0.4) is 0 Å². The minimum absolute atomic E-state index is 0.0506. The highest BCUT2D eigenvalue weighted by molar-refractivity contribution is 5.63. The van der Waals surface area contributed by atoms with Gasteiger partial charge in [-0.15, -0.1) is 6.58 Å². The smallest absolute Gasteiger partial charge is 0.124 e. The van der Waals surface area contributed by atoms with Crippen LogP contribution >= 0.6 is 0 Å². The fourth-order valence-corrected chi connectivity index (χ4v) is 1.71. The molecule has 0 bridgehead atoms. The Morgan fingerprint density at radius 1 is 1.38 bits per heavy atom. The molecule has 0 amide bonds. The Labute approximate surface area is 94.6 Å². The van der Waals surface area contributed by atoms with E-state index in [4.69, 9.17) is 10.3 Å². The van der Waals surface area contributed by atoms with Crippen LogP contribution < -0.4 is 5.73 Å². The van der Waals surface area contributed by atoms with E-state index in [1.807, 2.05) is 36.4 Å². The van der Waals surface area contributed by atoms with Gasteiger partial charge in [0.25, 0.3) is 0 Å². The number of rotatable bonds is 4. The summed E-state index contributed by atoms with van der Waals surface area (Å²) in [6.07, 6.45) is 4.13. The first-order valence-corrected chi connectivity index (χ1v) is 5.19. The Morgan fingerprint density at radius 3 is 2.88 bits per heavy atom. The van der Waals surface area contributed by atoms with Crippen molar-refractivity contribution < 1.29 is 4.52 Å². The fraction of sp³-hybridized carbons (Fsp3) is 0.154. The van der Waals surface area contributed by atoms with Gasteiger partial charge in [0, 0.05) is 17.7 Å². The summed E-state index contributed by atoms with van der Waals surface area (Å²) in [6, 6.07) is 9.73. The van der Waals surface area contributed by atoms with E-state index in [1.54, 1.807) is 6.26 Å². The third kappa shape index (κ3) is 2.04. The normalized spacial score (nSPS) is 12.3. The zero-order valence-corrected chi connectivity index (χ0v) is 8.97. The van der Waals surface area contributed by atoms with Gasteiger partial charge in [-0.2, -0.15) is 0 Å². The van der Waals surface area contributed by atoms with Crippen molar-refractivity contribution in [3.05, 3.63) is 54.8 Å². The lowest BCUT2D eigenvalue weighted by Crippen LogP contribution is -2.10. The van der Waals surface area contributed by atoms with Gasteiger partial charge in [-0.25, -0.2) is 0 Å². The summed E-state index contributed by atoms with van der Waals surface area (Å²) in [5, 5.41) is 3.93. The molecular formula is C13H14N2O. The standard InChI is InChI=1S/C13H14N2O/c1-2-5-12(14)10-6-3-4-7-11(10)13-8-9-16-15-13/h2-4,6-9,12H,1,5,14H2. The molecule has 3 nitrogen and oxygen atoms in total. The molecule has 0 spiro atoms. The van der Waals surface area contributed by atoms with Crippen LogP contribution in [0.2, 0.25) is 0 Å². The van der Waals surface area contributed by atoms with Crippen molar-refractivity contribution in [3.63, 3.8) is 0 Å². The third-order valence-corrected chi connectivity index (χ3v) is 2.49.